The monoisotopic (exact) mass is 346 g/mol. The van der Waals surface area contributed by atoms with E-state index in [1.54, 1.807) is 0 Å². The summed E-state index contributed by atoms with van der Waals surface area (Å²) < 4.78 is 0. The van der Waals surface area contributed by atoms with Gasteiger partial charge in [0, 0.05) is 6.54 Å². The van der Waals surface area contributed by atoms with E-state index in [4.69, 9.17) is 0 Å². The van der Waals surface area contributed by atoms with Crippen LogP contribution >= 0.6 is 12.4 Å². The number of nitrogens with one attached hydrogen (secondary N) is 3. The van der Waals surface area contributed by atoms with Crippen molar-refractivity contribution in [2.45, 2.75) is 44.6 Å². The van der Waals surface area contributed by atoms with Crippen LogP contribution in [0, 0.1) is 5.92 Å². The van der Waals surface area contributed by atoms with Crippen molar-refractivity contribution < 1.29 is 14.4 Å². The van der Waals surface area contributed by atoms with Gasteiger partial charge in [-0.1, -0.05) is 19.8 Å². The Balaban J connectivity index is 0.00000264. The van der Waals surface area contributed by atoms with E-state index in [1.807, 2.05) is 14.0 Å². The van der Waals surface area contributed by atoms with Gasteiger partial charge in [-0.3, -0.25) is 14.5 Å². The number of hydrogen-bond acceptors (Lipinski definition) is 4. The minimum absolute atomic E-state index is 0. The van der Waals surface area contributed by atoms with E-state index in [9.17, 15) is 14.4 Å². The maximum absolute atomic E-state index is 12.7. The van der Waals surface area contributed by atoms with Crippen molar-refractivity contribution in [3.8, 4) is 0 Å². The average molecular weight is 347 g/mol. The van der Waals surface area contributed by atoms with Crippen molar-refractivity contribution >= 4 is 30.3 Å². The third-order valence-corrected chi connectivity index (χ3v) is 4.73. The molecular formula is C15H27ClN4O3. The molecule has 0 aromatic carbocycles. The van der Waals surface area contributed by atoms with E-state index in [2.05, 4.69) is 16.0 Å². The zero-order valence-electron chi connectivity index (χ0n) is 13.8. The van der Waals surface area contributed by atoms with Gasteiger partial charge in [-0.05, 0) is 38.8 Å². The Kier molecular flexibility index (Phi) is 7.28. The van der Waals surface area contributed by atoms with Gasteiger partial charge in [0.2, 0.25) is 5.91 Å². The van der Waals surface area contributed by atoms with Crippen molar-refractivity contribution in [1.82, 2.24) is 20.9 Å². The van der Waals surface area contributed by atoms with Crippen LogP contribution in [0.1, 0.15) is 39.0 Å². The molecule has 2 atom stereocenters. The average Bonchev–Trinajstić information content (AvgIpc) is 2.72. The third-order valence-electron chi connectivity index (χ3n) is 4.73. The summed E-state index contributed by atoms with van der Waals surface area (Å²) in [5, 5.41) is 8.58. The predicted molar refractivity (Wildman–Crippen MR) is 89.4 cm³/mol. The summed E-state index contributed by atoms with van der Waals surface area (Å²) in [6, 6.07) is -0.441. The lowest BCUT2D eigenvalue weighted by Crippen LogP contribution is -2.54. The normalized spacial score (nSPS) is 26.9. The molecule has 1 aliphatic carbocycles. The van der Waals surface area contributed by atoms with Gasteiger partial charge in [0.15, 0.2) is 0 Å². The van der Waals surface area contributed by atoms with E-state index in [1.165, 1.54) is 0 Å². The molecule has 0 radical (unpaired) electrons. The molecule has 1 aliphatic heterocycles. The number of halogens is 1. The minimum atomic E-state index is -0.790. The van der Waals surface area contributed by atoms with Crippen LogP contribution in [0.25, 0.3) is 0 Å². The summed E-state index contributed by atoms with van der Waals surface area (Å²) in [4.78, 5) is 37.8. The molecule has 0 bridgehead atoms. The Labute approximate surface area is 143 Å². The number of urea groups is 1. The number of rotatable bonds is 6. The summed E-state index contributed by atoms with van der Waals surface area (Å²) in [6.07, 6.45) is 4.41. The van der Waals surface area contributed by atoms with Crippen LogP contribution in [0.4, 0.5) is 4.79 Å². The van der Waals surface area contributed by atoms with Crippen molar-refractivity contribution in [2.24, 2.45) is 5.92 Å². The van der Waals surface area contributed by atoms with Crippen LogP contribution < -0.4 is 16.0 Å². The largest absolute Gasteiger partial charge is 0.354 e. The molecule has 2 rings (SSSR count). The number of carbonyl (C=O) groups is 3. The molecule has 4 amide bonds. The van der Waals surface area contributed by atoms with Gasteiger partial charge in [-0.25, -0.2) is 4.79 Å². The maximum atomic E-state index is 12.7. The highest BCUT2D eigenvalue weighted by atomic mass is 35.5. The first-order valence-corrected chi connectivity index (χ1v) is 8.06. The van der Waals surface area contributed by atoms with Gasteiger partial charge in [0.05, 0.1) is 0 Å². The number of imide groups is 1. The standard InChI is InChI=1S/C15H26N4O3.ClH/c1-11-6-3-4-7-15(11)13(21)19(14(22)18-15)10-12(20)17-9-5-8-16-2;/h11,16H,3-10H2,1-2H3,(H,17,20)(H,18,22);1H. The first-order valence-electron chi connectivity index (χ1n) is 8.06. The second-order valence-electron chi connectivity index (χ2n) is 6.25. The van der Waals surface area contributed by atoms with Crippen molar-refractivity contribution in [1.29, 1.82) is 0 Å². The van der Waals surface area contributed by atoms with E-state index >= 15 is 0 Å². The molecule has 0 aromatic rings. The lowest BCUT2D eigenvalue weighted by molar-refractivity contribution is -0.137. The number of nitrogens with zero attached hydrogens (tertiary/aromatic N) is 1. The summed E-state index contributed by atoms with van der Waals surface area (Å²) in [5.41, 5.74) is -0.790. The Bertz CT molecular complexity index is 460. The van der Waals surface area contributed by atoms with Gasteiger partial charge >= 0.3 is 6.03 Å². The Morgan fingerprint density at radius 3 is 2.74 bits per heavy atom. The van der Waals surface area contributed by atoms with Crippen molar-refractivity contribution in [3.05, 3.63) is 0 Å². The van der Waals surface area contributed by atoms with Gasteiger partial charge in [-0.15, -0.1) is 12.4 Å². The Hall–Kier alpha value is -1.34. The zero-order valence-corrected chi connectivity index (χ0v) is 14.6. The zero-order chi connectivity index (χ0) is 16.2. The summed E-state index contributed by atoms with van der Waals surface area (Å²) >= 11 is 0. The fourth-order valence-electron chi connectivity index (χ4n) is 3.33. The molecule has 3 N–H and O–H groups in total. The number of amides is 4. The van der Waals surface area contributed by atoms with E-state index < -0.39 is 11.6 Å². The molecule has 1 heterocycles. The van der Waals surface area contributed by atoms with Crippen LogP contribution in [0.15, 0.2) is 0 Å². The van der Waals surface area contributed by atoms with Gasteiger partial charge in [0.25, 0.3) is 5.91 Å². The molecule has 8 heteroatoms. The van der Waals surface area contributed by atoms with Crippen molar-refractivity contribution in [3.63, 3.8) is 0 Å². The second-order valence-corrected chi connectivity index (χ2v) is 6.25. The number of hydrogen-bond donors (Lipinski definition) is 3. The summed E-state index contributed by atoms with van der Waals surface area (Å²) in [6.45, 7) is 3.15. The maximum Gasteiger partial charge on any atom is 0.325 e. The van der Waals surface area contributed by atoms with Crippen LogP contribution in [-0.2, 0) is 9.59 Å². The fraction of sp³-hybridized carbons (Fsp3) is 0.800. The fourth-order valence-corrected chi connectivity index (χ4v) is 3.33. The Morgan fingerprint density at radius 1 is 1.35 bits per heavy atom. The highest BCUT2D eigenvalue weighted by molar-refractivity contribution is 6.09. The highest BCUT2D eigenvalue weighted by Crippen LogP contribution is 2.37. The van der Waals surface area contributed by atoms with Gasteiger partial charge in [0.1, 0.15) is 12.1 Å². The predicted octanol–water partition coefficient (Wildman–Crippen LogP) is 0.635. The SMILES string of the molecule is CNCCCNC(=O)CN1C(=O)NC2(CCCCC2C)C1=O.Cl. The molecule has 2 aliphatic rings. The van der Waals surface area contributed by atoms with Crippen LogP contribution in [0.2, 0.25) is 0 Å². The Morgan fingerprint density at radius 2 is 2.09 bits per heavy atom. The summed E-state index contributed by atoms with van der Waals surface area (Å²) in [5.74, 6) is -0.420. The molecule has 7 nitrogen and oxygen atoms in total. The van der Waals surface area contributed by atoms with Gasteiger partial charge < -0.3 is 16.0 Å². The molecule has 1 saturated heterocycles. The molecule has 2 unspecified atom stereocenters. The van der Waals surface area contributed by atoms with Crippen LogP contribution in [-0.4, -0.2) is 55.0 Å². The molecule has 1 spiro atoms. The lowest BCUT2D eigenvalue weighted by atomic mass is 9.73. The smallest absolute Gasteiger partial charge is 0.325 e. The minimum Gasteiger partial charge on any atom is -0.354 e. The molecule has 1 saturated carbocycles. The molecular weight excluding hydrogens is 320 g/mol. The first kappa shape index (κ1) is 19.7. The third kappa shape index (κ3) is 4.14. The summed E-state index contributed by atoms with van der Waals surface area (Å²) in [7, 11) is 1.85. The number of carbonyl (C=O) groups excluding carboxylic acids is 3. The topological polar surface area (TPSA) is 90.5 Å². The van der Waals surface area contributed by atoms with E-state index in [0.29, 0.717) is 13.0 Å². The van der Waals surface area contributed by atoms with E-state index in [0.717, 1.165) is 37.1 Å². The quantitative estimate of drug-likeness (QED) is 0.486. The van der Waals surface area contributed by atoms with Gasteiger partial charge in [-0.2, -0.15) is 0 Å². The van der Waals surface area contributed by atoms with Crippen LogP contribution in [0.5, 0.6) is 0 Å². The molecule has 0 aromatic heterocycles. The van der Waals surface area contributed by atoms with Crippen molar-refractivity contribution in [2.75, 3.05) is 26.7 Å². The molecule has 132 valence electrons. The van der Waals surface area contributed by atoms with E-state index in [-0.39, 0.29) is 36.7 Å². The molecule has 23 heavy (non-hydrogen) atoms. The first-order chi connectivity index (χ1) is 10.5. The highest BCUT2D eigenvalue weighted by Gasteiger charge is 2.55. The second kappa shape index (κ2) is 8.49. The lowest BCUT2D eigenvalue weighted by Gasteiger charge is -2.36. The molecule has 2 fully saturated rings. The van der Waals surface area contributed by atoms with Crippen LogP contribution in [0.3, 0.4) is 0 Å².